The van der Waals surface area contributed by atoms with Gasteiger partial charge in [-0.2, -0.15) is 0 Å². The average Bonchev–Trinajstić information content (AvgIpc) is 2.89. The molecule has 0 heterocycles. The van der Waals surface area contributed by atoms with E-state index in [2.05, 4.69) is 91.0 Å². The molecule has 4 aromatic carbocycles. The van der Waals surface area contributed by atoms with Crippen molar-refractivity contribution in [2.24, 2.45) is 0 Å². The maximum atomic E-state index is 10.7. The van der Waals surface area contributed by atoms with Crippen molar-refractivity contribution >= 4 is 5.97 Å². The Morgan fingerprint density at radius 2 is 1.15 bits per heavy atom. The van der Waals surface area contributed by atoms with E-state index in [9.17, 15) is 4.79 Å². The Bertz CT molecular complexity index is 1060. The molecule has 1 N–H and O–H groups in total. The molecule has 0 aromatic heterocycles. The van der Waals surface area contributed by atoms with Crippen LogP contribution in [0.1, 0.15) is 41.5 Å². The van der Waals surface area contributed by atoms with Crippen LogP contribution in [0.5, 0.6) is 5.75 Å². The average molecular weight is 451 g/mol. The summed E-state index contributed by atoms with van der Waals surface area (Å²) in [6, 6.07) is 40.0. The number of hydrogen-bond acceptors (Lipinski definition) is 2. The second-order valence-corrected chi connectivity index (χ2v) is 8.49. The Labute approximate surface area is 201 Å². The Morgan fingerprint density at radius 3 is 1.59 bits per heavy atom. The molecule has 0 saturated heterocycles. The molecule has 0 aliphatic heterocycles. The zero-order valence-electron chi connectivity index (χ0n) is 19.3. The molecule has 172 valence electrons. The van der Waals surface area contributed by atoms with Crippen LogP contribution in [0.25, 0.3) is 0 Å². The van der Waals surface area contributed by atoms with E-state index in [1.165, 1.54) is 16.7 Å². The van der Waals surface area contributed by atoms with Crippen molar-refractivity contribution in [3.8, 4) is 5.75 Å². The van der Waals surface area contributed by atoms with E-state index in [1.54, 1.807) is 0 Å². The number of hydrogen-bond donors (Lipinski definition) is 1. The van der Waals surface area contributed by atoms with Gasteiger partial charge in [-0.1, -0.05) is 103 Å². The van der Waals surface area contributed by atoms with Crippen molar-refractivity contribution in [3.63, 3.8) is 0 Å². The van der Waals surface area contributed by atoms with Gasteiger partial charge in [-0.25, -0.2) is 0 Å². The second-order valence-electron chi connectivity index (χ2n) is 8.49. The molecule has 3 nitrogen and oxygen atoms in total. The lowest BCUT2D eigenvalue weighted by Crippen LogP contribution is -2.31. The lowest BCUT2D eigenvalue weighted by atomic mass is 9.67. The number of carbonyl (C=O) groups is 1. The van der Waals surface area contributed by atoms with Gasteiger partial charge in [0, 0.05) is 11.8 Å². The zero-order valence-corrected chi connectivity index (χ0v) is 19.3. The number of rotatable bonds is 11. The summed E-state index contributed by atoms with van der Waals surface area (Å²) in [5.41, 5.74) is 4.51. The summed E-state index contributed by atoms with van der Waals surface area (Å²) in [5.74, 6) is 0.0729. The summed E-state index contributed by atoms with van der Waals surface area (Å²) in [4.78, 5) is 10.7. The minimum atomic E-state index is -0.751. The first-order valence-electron chi connectivity index (χ1n) is 11.8. The number of aryl methyl sites for hydroxylation is 1. The van der Waals surface area contributed by atoms with Gasteiger partial charge >= 0.3 is 5.97 Å². The molecule has 0 spiro atoms. The minimum Gasteiger partial charge on any atom is -0.494 e. The van der Waals surface area contributed by atoms with Gasteiger partial charge in [0.05, 0.1) is 6.61 Å². The second kappa shape index (κ2) is 11.3. The monoisotopic (exact) mass is 450 g/mol. The molecule has 3 heteroatoms. The van der Waals surface area contributed by atoms with Crippen LogP contribution < -0.4 is 4.74 Å². The number of aliphatic carboxylic acids is 1. The Balaban J connectivity index is 1.57. The molecule has 0 bridgehead atoms. The normalized spacial score (nSPS) is 11.2. The van der Waals surface area contributed by atoms with Crippen LogP contribution in [0.3, 0.4) is 0 Å². The van der Waals surface area contributed by atoms with Crippen LogP contribution in [0, 0.1) is 0 Å². The summed E-state index contributed by atoms with van der Waals surface area (Å²) in [6.07, 6.45) is 2.37. The first-order chi connectivity index (χ1) is 16.7. The van der Waals surface area contributed by atoms with Gasteiger partial charge < -0.3 is 9.84 Å². The quantitative estimate of drug-likeness (QED) is 0.253. The van der Waals surface area contributed by atoms with Gasteiger partial charge in [0.15, 0.2) is 0 Å². The van der Waals surface area contributed by atoms with Crippen LogP contribution >= 0.6 is 0 Å². The van der Waals surface area contributed by atoms with Crippen molar-refractivity contribution in [2.45, 2.75) is 31.1 Å². The fourth-order valence-electron chi connectivity index (χ4n) is 4.62. The van der Waals surface area contributed by atoms with Crippen LogP contribution in [-0.2, 0) is 16.6 Å². The molecule has 0 saturated carbocycles. The van der Waals surface area contributed by atoms with Crippen molar-refractivity contribution in [1.82, 2.24) is 0 Å². The number of benzene rings is 4. The fourth-order valence-corrected chi connectivity index (χ4v) is 4.62. The molecule has 0 aliphatic rings. The number of ether oxygens (including phenoxy) is 1. The number of carboxylic acids is 1. The standard InChI is InChI=1S/C31H30O3/c32-30(33)18-10-11-25-19-21-29(22-20-25)34-24-23-31(26-12-4-1-5-13-26,27-14-6-2-7-15-27)28-16-8-3-9-17-28/h1-9,12-17,19-22H,10-11,18,23-24H2,(H,32,33). The largest absolute Gasteiger partial charge is 0.494 e. The highest BCUT2D eigenvalue weighted by Gasteiger charge is 2.36. The molecule has 0 aliphatic carbocycles. The van der Waals surface area contributed by atoms with Crippen molar-refractivity contribution in [3.05, 3.63) is 138 Å². The summed E-state index contributed by atoms with van der Waals surface area (Å²) in [7, 11) is 0. The topological polar surface area (TPSA) is 46.5 Å². The lowest BCUT2D eigenvalue weighted by molar-refractivity contribution is -0.137. The van der Waals surface area contributed by atoms with E-state index in [4.69, 9.17) is 9.84 Å². The highest BCUT2D eigenvalue weighted by atomic mass is 16.5. The van der Waals surface area contributed by atoms with Gasteiger partial charge in [0.25, 0.3) is 0 Å². The molecule has 0 radical (unpaired) electrons. The molecule has 0 atom stereocenters. The van der Waals surface area contributed by atoms with Crippen LogP contribution in [-0.4, -0.2) is 17.7 Å². The van der Waals surface area contributed by atoms with Gasteiger partial charge in [-0.3, -0.25) is 4.79 Å². The lowest BCUT2D eigenvalue weighted by Gasteiger charge is -2.36. The fraction of sp³-hybridized carbons (Fsp3) is 0.194. The van der Waals surface area contributed by atoms with Crippen LogP contribution in [0.15, 0.2) is 115 Å². The molecule has 4 aromatic rings. The Morgan fingerprint density at radius 1 is 0.676 bits per heavy atom. The summed E-state index contributed by atoms with van der Waals surface area (Å²) >= 11 is 0. The Hall–Kier alpha value is -3.85. The molecular formula is C31H30O3. The van der Waals surface area contributed by atoms with E-state index in [0.29, 0.717) is 13.0 Å². The molecule has 0 amide bonds. The SMILES string of the molecule is O=C(O)CCCc1ccc(OCCC(c2ccccc2)(c2ccccc2)c2ccccc2)cc1. The summed E-state index contributed by atoms with van der Waals surface area (Å²) < 4.78 is 6.23. The maximum Gasteiger partial charge on any atom is 0.303 e. The van der Waals surface area contributed by atoms with Crippen LogP contribution in [0.4, 0.5) is 0 Å². The third kappa shape index (κ3) is 5.55. The first-order valence-corrected chi connectivity index (χ1v) is 11.8. The molecule has 4 rings (SSSR count). The van der Waals surface area contributed by atoms with Gasteiger partial charge in [-0.05, 0) is 53.6 Å². The highest BCUT2D eigenvalue weighted by Crippen LogP contribution is 2.42. The predicted octanol–water partition coefficient (Wildman–Crippen LogP) is 6.90. The van der Waals surface area contributed by atoms with Crippen molar-refractivity contribution < 1.29 is 14.6 Å². The van der Waals surface area contributed by atoms with E-state index in [1.807, 2.05) is 24.3 Å². The minimum absolute atomic E-state index is 0.193. The third-order valence-electron chi connectivity index (χ3n) is 6.33. The third-order valence-corrected chi connectivity index (χ3v) is 6.33. The van der Waals surface area contributed by atoms with E-state index < -0.39 is 5.97 Å². The van der Waals surface area contributed by atoms with Gasteiger partial charge in [-0.15, -0.1) is 0 Å². The number of carboxylic acid groups (broad SMARTS) is 1. The van der Waals surface area contributed by atoms with E-state index >= 15 is 0 Å². The molecule has 0 unspecified atom stereocenters. The van der Waals surface area contributed by atoms with Crippen molar-refractivity contribution in [2.75, 3.05) is 6.61 Å². The van der Waals surface area contributed by atoms with Crippen LogP contribution in [0.2, 0.25) is 0 Å². The highest BCUT2D eigenvalue weighted by molar-refractivity contribution is 5.66. The maximum absolute atomic E-state index is 10.7. The van der Waals surface area contributed by atoms with Crippen molar-refractivity contribution in [1.29, 1.82) is 0 Å². The van der Waals surface area contributed by atoms with Gasteiger partial charge in [0.1, 0.15) is 5.75 Å². The molecular weight excluding hydrogens is 420 g/mol. The molecule has 34 heavy (non-hydrogen) atoms. The first kappa shape index (κ1) is 23.3. The Kier molecular flexibility index (Phi) is 7.77. The summed E-state index contributed by atoms with van der Waals surface area (Å²) in [5, 5.41) is 8.83. The molecule has 0 fully saturated rings. The smallest absolute Gasteiger partial charge is 0.303 e. The summed E-state index contributed by atoms with van der Waals surface area (Å²) in [6.45, 7) is 0.553. The predicted molar refractivity (Wildman–Crippen MR) is 136 cm³/mol. The van der Waals surface area contributed by atoms with Gasteiger partial charge in [0.2, 0.25) is 0 Å². The van der Waals surface area contributed by atoms with E-state index in [0.717, 1.165) is 24.2 Å². The zero-order chi connectivity index (χ0) is 23.6. The van der Waals surface area contributed by atoms with E-state index in [-0.39, 0.29) is 11.8 Å².